The first-order valence-electron chi connectivity index (χ1n) is 13.6. The molecule has 0 saturated carbocycles. The first kappa shape index (κ1) is 33.1. The maximum atomic E-state index is 10.6. The lowest BCUT2D eigenvalue weighted by Gasteiger charge is -2.45. The topological polar surface area (TPSA) is 227 Å². The van der Waals surface area contributed by atoms with Crippen LogP contribution in [0.2, 0.25) is 0 Å². The molecule has 222 valence electrons. The summed E-state index contributed by atoms with van der Waals surface area (Å²) in [7, 11) is 0. The molecule has 0 aliphatic carbocycles. The van der Waals surface area contributed by atoms with Gasteiger partial charge in [0, 0.05) is 18.1 Å². The summed E-state index contributed by atoms with van der Waals surface area (Å²) in [5.74, 6) is 0. The van der Waals surface area contributed by atoms with Gasteiger partial charge in [-0.3, -0.25) is 0 Å². The fourth-order valence-electron chi connectivity index (χ4n) is 4.64. The van der Waals surface area contributed by atoms with Crippen LogP contribution in [0, 0.1) is 0 Å². The SMILES string of the molecule is [N-]=[N+]=NCCCCCCCCCCCCOC1O[C@H](CO)[C@@H](O[C@@H]2O[C@H](CO)[C@H](O)[C@H](O)[C@H]2O)[C@H](O)[C@H]1O. The van der Waals surface area contributed by atoms with Gasteiger partial charge in [-0.25, -0.2) is 0 Å². The van der Waals surface area contributed by atoms with Crippen molar-refractivity contribution in [1.82, 2.24) is 0 Å². The molecular weight excluding hydrogens is 506 g/mol. The van der Waals surface area contributed by atoms with E-state index in [1.165, 1.54) is 12.8 Å². The summed E-state index contributed by atoms with van der Waals surface area (Å²) in [6.45, 7) is -0.398. The normalized spacial score (nSPS) is 35.7. The highest BCUT2D eigenvalue weighted by atomic mass is 16.7. The largest absolute Gasteiger partial charge is 0.394 e. The van der Waals surface area contributed by atoms with E-state index >= 15 is 0 Å². The number of unbranched alkanes of at least 4 members (excludes halogenated alkanes) is 9. The van der Waals surface area contributed by atoms with Gasteiger partial charge < -0.3 is 54.7 Å². The lowest BCUT2D eigenvalue weighted by atomic mass is 9.97. The molecule has 0 aromatic carbocycles. The van der Waals surface area contributed by atoms with Gasteiger partial charge in [-0.05, 0) is 18.4 Å². The van der Waals surface area contributed by atoms with Gasteiger partial charge in [0.25, 0.3) is 0 Å². The van der Waals surface area contributed by atoms with E-state index in [0.717, 1.165) is 51.4 Å². The number of hydrogen-bond donors (Lipinski definition) is 7. The molecule has 14 nitrogen and oxygen atoms in total. The zero-order chi connectivity index (χ0) is 27.9. The number of hydrogen-bond acceptors (Lipinski definition) is 12. The molecule has 0 aromatic heterocycles. The fraction of sp³-hybridized carbons (Fsp3) is 1.00. The summed E-state index contributed by atoms with van der Waals surface area (Å²) in [4.78, 5) is 2.74. The minimum absolute atomic E-state index is 0.288. The highest BCUT2D eigenvalue weighted by molar-refractivity contribution is 4.94. The Morgan fingerprint density at radius 3 is 1.74 bits per heavy atom. The molecule has 0 bridgehead atoms. The lowest BCUT2D eigenvalue weighted by molar-refractivity contribution is -0.359. The Morgan fingerprint density at radius 1 is 0.632 bits per heavy atom. The first-order valence-corrected chi connectivity index (χ1v) is 13.6. The lowest BCUT2D eigenvalue weighted by Crippen LogP contribution is -2.64. The van der Waals surface area contributed by atoms with Crippen LogP contribution in [-0.2, 0) is 18.9 Å². The number of aliphatic hydroxyl groups excluding tert-OH is 7. The summed E-state index contributed by atoms with van der Waals surface area (Å²) in [5.41, 5.74) is 8.23. The van der Waals surface area contributed by atoms with E-state index in [9.17, 15) is 35.7 Å². The monoisotopic (exact) mass is 551 g/mol. The van der Waals surface area contributed by atoms with Crippen LogP contribution in [0.3, 0.4) is 0 Å². The van der Waals surface area contributed by atoms with E-state index in [0.29, 0.717) is 6.54 Å². The Morgan fingerprint density at radius 2 is 1.16 bits per heavy atom. The zero-order valence-electron chi connectivity index (χ0n) is 21.8. The number of nitrogens with zero attached hydrogens (tertiary/aromatic N) is 3. The van der Waals surface area contributed by atoms with Crippen LogP contribution < -0.4 is 0 Å². The van der Waals surface area contributed by atoms with Crippen molar-refractivity contribution in [2.75, 3.05) is 26.4 Å². The molecule has 0 radical (unpaired) electrons. The molecule has 14 heteroatoms. The van der Waals surface area contributed by atoms with Crippen LogP contribution in [-0.4, -0.2) is 124 Å². The van der Waals surface area contributed by atoms with Crippen molar-refractivity contribution in [1.29, 1.82) is 0 Å². The second-order valence-corrected chi connectivity index (χ2v) is 9.87. The molecule has 10 atom stereocenters. The molecule has 7 N–H and O–H groups in total. The van der Waals surface area contributed by atoms with E-state index in [4.69, 9.17) is 24.5 Å². The van der Waals surface area contributed by atoms with Gasteiger partial charge in [0.15, 0.2) is 12.6 Å². The molecule has 1 unspecified atom stereocenters. The third kappa shape index (κ3) is 10.1. The van der Waals surface area contributed by atoms with Crippen molar-refractivity contribution in [3.8, 4) is 0 Å². The van der Waals surface area contributed by atoms with Crippen molar-refractivity contribution in [2.24, 2.45) is 5.11 Å². The average Bonchev–Trinajstić information content (AvgIpc) is 2.92. The summed E-state index contributed by atoms with van der Waals surface area (Å²) >= 11 is 0. The van der Waals surface area contributed by atoms with Gasteiger partial charge in [-0.2, -0.15) is 0 Å². The average molecular weight is 552 g/mol. The Hall–Kier alpha value is -1.13. The number of azide groups is 1. The molecule has 2 rings (SSSR count). The third-order valence-electron chi connectivity index (χ3n) is 6.96. The molecule has 2 aliphatic heterocycles. The summed E-state index contributed by atoms with van der Waals surface area (Å²) < 4.78 is 22.0. The van der Waals surface area contributed by atoms with Crippen LogP contribution in [0.1, 0.15) is 64.2 Å². The molecule has 0 spiro atoms. The predicted octanol–water partition coefficient (Wildman–Crippen LogP) is -0.162. The standard InChI is InChI=1S/C24H45N3O11/c25-27-26-11-9-7-5-3-1-2-4-6-8-10-12-35-23-21(34)19(32)22(16(14-29)37-23)38-24-20(33)18(31)17(30)15(13-28)36-24/h15-24,28-34H,1-14H2/t15-,16-,17+,18+,19-,20-,21-,22-,23?,24+/m1/s1. The minimum atomic E-state index is -1.71. The minimum Gasteiger partial charge on any atom is -0.394 e. The van der Waals surface area contributed by atoms with Gasteiger partial charge in [0.2, 0.25) is 0 Å². The molecular formula is C24H45N3O11. The molecule has 2 saturated heterocycles. The van der Waals surface area contributed by atoms with Crippen LogP contribution in [0.15, 0.2) is 5.11 Å². The molecule has 38 heavy (non-hydrogen) atoms. The van der Waals surface area contributed by atoms with Crippen molar-refractivity contribution in [3.63, 3.8) is 0 Å². The summed E-state index contributed by atoms with van der Waals surface area (Å²) in [6.07, 6.45) is -4.01. The fourth-order valence-corrected chi connectivity index (χ4v) is 4.64. The number of ether oxygens (including phenoxy) is 4. The van der Waals surface area contributed by atoms with E-state index in [2.05, 4.69) is 10.0 Å². The van der Waals surface area contributed by atoms with Crippen molar-refractivity contribution >= 4 is 0 Å². The van der Waals surface area contributed by atoms with Gasteiger partial charge in [-0.15, -0.1) is 0 Å². The quantitative estimate of drug-likeness (QED) is 0.0512. The number of aliphatic hydroxyl groups is 7. The van der Waals surface area contributed by atoms with Gasteiger partial charge in [0.05, 0.1) is 13.2 Å². The van der Waals surface area contributed by atoms with Crippen LogP contribution in [0.5, 0.6) is 0 Å². The van der Waals surface area contributed by atoms with Crippen molar-refractivity contribution in [2.45, 2.75) is 126 Å². The van der Waals surface area contributed by atoms with Crippen LogP contribution in [0.25, 0.3) is 10.4 Å². The van der Waals surface area contributed by atoms with Crippen molar-refractivity contribution in [3.05, 3.63) is 10.4 Å². The highest BCUT2D eigenvalue weighted by Crippen LogP contribution is 2.29. The molecule has 2 aliphatic rings. The molecule has 0 aromatic rings. The van der Waals surface area contributed by atoms with Crippen LogP contribution in [0.4, 0.5) is 0 Å². The predicted molar refractivity (Wildman–Crippen MR) is 133 cm³/mol. The van der Waals surface area contributed by atoms with Gasteiger partial charge in [0.1, 0.15) is 48.8 Å². The van der Waals surface area contributed by atoms with E-state index in [1.807, 2.05) is 0 Å². The Labute approximate surface area is 222 Å². The summed E-state index contributed by atoms with van der Waals surface area (Å²) in [6, 6.07) is 0. The van der Waals surface area contributed by atoms with E-state index < -0.39 is 74.6 Å². The second kappa shape index (κ2) is 18.3. The van der Waals surface area contributed by atoms with Gasteiger partial charge >= 0.3 is 0 Å². The third-order valence-corrected chi connectivity index (χ3v) is 6.96. The molecule has 2 fully saturated rings. The smallest absolute Gasteiger partial charge is 0.187 e. The Balaban J connectivity index is 1.65. The van der Waals surface area contributed by atoms with E-state index in [-0.39, 0.29) is 6.61 Å². The number of rotatable bonds is 18. The van der Waals surface area contributed by atoms with Crippen LogP contribution >= 0.6 is 0 Å². The maximum absolute atomic E-state index is 10.6. The second-order valence-electron chi connectivity index (χ2n) is 9.87. The Kier molecular flexibility index (Phi) is 15.9. The van der Waals surface area contributed by atoms with Crippen molar-refractivity contribution < 1.29 is 54.7 Å². The molecule has 2 heterocycles. The first-order chi connectivity index (χ1) is 18.3. The highest BCUT2D eigenvalue weighted by Gasteiger charge is 2.50. The Bertz CT molecular complexity index is 683. The van der Waals surface area contributed by atoms with E-state index in [1.54, 1.807) is 0 Å². The molecule has 0 amide bonds. The summed E-state index contributed by atoms with van der Waals surface area (Å²) in [5, 5.41) is 73.8. The zero-order valence-corrected chi connectivity index (χ0v) is 21.8. The maximum Gasteiger partial charge on any atom is 0.187 e. The van der Waals surface area contributed by atoms with Gasteiger partial charge in [-0.1, -0.05) is 56.5 Å².